The third kappa shape index (κ3) is 3.25. The molecule has 4 rings (SSSR count). The third-order valence-electron chi connectivity index (χ3n) is 4.44. The molecule has 0 atom stereocenters. The Morgan fingerprint density at radius 3 is 2.04 bits per heavy atom. The molecule has 0 radical (unpaired) electrons. The van der Waals surface area contributed by atoms with Gasteiger partial charge >= 0.3 is 5.97 Å². The van der Waals surface area contributed by atoms with Gasteiger partial charge in [0.05, 0.1) is 4.92 Å². The summed E-state index contributed by atoms with van der Waals surface area (Å²) in [6.45, 7) is 0.0402. The van der Waals surface area contributed by atoms with Crippen molar-refractivity contribution in [1.82, 2.24) is 0 Å². The van der Waals surface area contributed by atoms with Crippen LogP contribution in [0.1, 0.15) is 22.6 Å². The van der Waals surface area contributed by atoms with E-state index in [9.17, 15) is 14.9 Å². The van der Waals surface area contributed by atoms with Crippen molar-refractivity contribution in [2.45, 2.75) is 12.5 Å². The predicted octanol–water partition coefficient (Wildman–Crippen LogP) is 4.58. The number of rotatable bonds is 4. The van der Waals surface area contributed by atoms with Gasteiger partial charge in [0.1, 0.15) is 24.0 Å². The number of fused-ring (bicyclic) bond motifs is 2. The van der Waals surface area contributed by atoms with Crippen LogP contribution < -0.4 is 4.74 Å². The average Bonchev–Trinajstić information content (AvgIpc) is 2.70. The summed E-state index contributed by atoms with van der Waals surface area (Å²) in [7, 11) is 0. The quantitative estimate of drug-likeness (QED) is 0.386. The minimum Gasteiger partial charge on any atom is -0.460 e. The van der Waals surface area contributed by atoms with E-state index in [0.29, 0.717) is 17.1 Å². The van der Waals surface area contributed by atoms with Crippen LogP contribution in [0.25, 0.3) is 0 Å². The van der Waals surface area contributed by atoms with Crippen LogP contribution in [-0.4, -0.2) is 10.9 Å². The van der Waals surface area contributed by atoms with Crippen molar-refractivity contribution < 1.29 is 19.2 Å². The zero-order valence-corrected chi connectivity index (χ0v) is 14.2. The molecule has 1 heterocycles. The highest BCUT2D eigenvalue weighted by atomic mass is 16.6. The smallest absolute Gasteiger partial charge is 0.318 e. The lowest BCUT2D eigenvalue weighted by atomic mass is 9.88. The van der Waals surface area contributed by atoms with E-state index in [1.54, 1.807) is 12.1 Å². The van der Waals surface area contributed by atoms with Crippen LogP contribution in [0.4, 0.5) is 5.69 Å². The Bertz CT molecular complexity index is 968. The second-order valence-electron chi connectivity index (χ2n) is 6.14. The fraction of sp³-hybridized carbons (Fsp3) is 0.0952. The maximum absolute atomic E-state index is 12.9. The Labute approximate surface area is 155 Å². The molecule has 0 spiro atoms. The van der Waals surface area contributed by atoms with Crippen LogP contribution in [0.5, 0.6) is 11.5 Å². The number of carbonyl (C=O) groups excluding carboxylic acids is 1. The second kappa shape index (κ2) is 6.92. The van der Waals surface area contributed by atoms with Crippen LogP contribution in [0.2, 0.25) is 0 Å². The fourth-order valence-electron chi connectivity index (χ4n) is 3.12. The molecule has 1 aliphatic rings. The average molecular weight is 361 g/mol. The Balaban J connectivity index is 1.57. The van der Waals surface area contributed by atoms with Gasteiger partial charge in [-0.25, -0.2) is 0 Å². The van der Waals surface area contributed by atoms with Crippen LogP contribution in [-0.2, 0) is 16.1 Å². The topological polar surface area (TPSA) is 78.7 Å². The van der Waals surface area contributed by atoms with E-state index in [1.165, 1.54) is 12.1 Å². The molecule has 0 N–H and O–H groups in total. The fourth-order valence-corrected chi connectivity index (χ4v) is 3.12. The van der Waals surface area contributed by atoms with E-state index in [2.05, 4.69) is 0 Å². The Morgan fingerprint density at radius 1 is 0.926 bits per heavy atom. The summed E-state index contributed by atoms with van der Waals surface area (Å²) in [6.07, 6.45) is 0. The van der Waals surface area contributed by atoms with E-state index in [0.717, 1.165) is 11.1 Å². The van der Waals surface area contributed by atoms with Gasteiger partial charge in [0.25, 0.3) is 5.69 Å². The molecule has 6 heteroatoms. The number of nitro groups is 1. The molecule has 0 saturated carbocycles. The first-order valence-electron chi connectivity index (χ1n) is 8.39. The number of para-hydroxylation sites is 2. The highest BCUT2D eigenvalue weighted by Gasteiger charge is 2.33. The zero-order chi connectivity index (χ0) is 18.8. The number of carbonyl (C=O) groups is 1. The lowest BCUT2D eigenvalue weighted by molar-refractivity contribution is -0.384. The highest BCUT2D eigenvalue weighted by molar-refractivity contribution is 5.85. The summed E-state index contributed by atoms with van der Waals surface area (Å²) in [6, 6.07) is 20.7. The van der Waals surface area contributed by atoms with Gasteiger partial charge in [-0.1, -0.05) is 36.4 Å². The molecule has 6 nitrogen and oxygen atoms in total. The second-order valence-corrected chi connectivity index (χ2v) is 6.14. The number of nitrogens with zero attached hydrogens (tertiary/aromatic N) is 1. The van der Waals surface area contributed by atoms with Gasteiger partial charge in [-0.05, 0) is 29.8 Å². The molecule has 0 unspecified atom stereocenters. The minimum absolute atomic E-state index is 0.00244. The van der Waals surface area contributed by atoms with E-state index in [1.807, 2.05) is 48.5 Å². The summed E-state index contributed by atoms with van der Waals surface area (Å²) in [5.41, 5.74) is 2.19. The molecule has 0 aliphatic carbocycles. The Kier molecular flexibility index (Phi) is 4.30. The van der Waals surface area contributed by atoms with Gasteiger partial charge in [-0.3, -0.25) is 14.9 Å². The van der Waals surface area contributed by atoms with Gasteiger partial charge in [0.2, 0.25) is 0 Å². The van der Waals surface area contributed by atoms with E-state index in [-0.39, 0.29) is 12.3 Å². The van der Waals surface area contributed by atoms with Crippen LogP contribution in [0, 0.1) is 10.1 Å². The molecule has 0 bridgehead atoms. The molecular weight excluding hydrogens is 346 g/mol. The number of non-ortho nitro benzene ring substituents is 1. The number of hydrogen-bond donors (Lipinski definition) is 0. The number of esters is 1. The van der Waals surface area contributed by atoms with Gasteiger partial charge in [0, 0.05) is 23.3 Å². The molecule has 134 valence electrons. The lowest BCUT2D eigenvalue weighted by Crippen LogP contribution is -2.21. The summed E-state index contributed by atoms with van der Waals surface area (Å²) in [4.78, 5) is 23.1. The number of ether oxygens (including phenoxy) is 2. The van der Waals surface area contributed by atoms with Gasteiger partial charge in [0.15, 0.2) is 0 Å². The summed E-state index contributed by atoms with van der Waals surface area (Å²) < 4.78 is 11.4. The molecule has 0 saturated heterocycles. The highest BCUT2D eigenvalue weighted by Crippen LogP contribution is 2.44. The maximum atomic E-state index is 12.9. The molecule has 3 aromatic rings. The summed E-state index contributed by atoms with van der Waals surface area (Å²) in [5.74, 6) is 0.294. The molecule has 3 aromatic carbocycles. The van der Waals surface area contributed by atoms with Crippen molar-refractivity contribution in [3.8, 4) is 11.5 Å². The molecule has 0 fully saturated rings. The van der Waals surface area contributed by atoms with Crippen molar-refractivity contribution in [3.63, 3.8) is 0 Å². The van der Waals surface area contributed by atoms with Crippen molar-refractivity contribution in [1.29, 1.82) is 0 Å². The first-order chi connectivity index (χ1) is 13.1. The standard InChI is InChI=1S/C21H15NO5/c23-21(26-13-14-9-11-15(12-10-14)22(24)25)20-16-5-1-3-7-18(16)27-19-8-4-2-6-17(19)20/h1-12,20H,13H2. The van der Waals surface area contributed by atoms with Gasteiger partial charge in [-0.2, -0.15) is 0 Å². The molecule has 27 heavy (non-hydrogen) atoms. The molecule has 1 aliphatic heterocycles. The predicted molar refractivity (Wildman–Crippen MR) is 97.7 cm³/mol. The van der Waals surface area contributed by atoms with Crippen LogP contribution in [0.15, 0.2) is 72.8 Å². The van der Waals surface area contributed by atoms with Crippen molar-refractivity contribution in [2.24, 2.45) is 0 Å². The van der Waals surface area contributed by atoms with Crippen molar-refractivity contribution in [2.75, 3.05) is 0 Å². The number of benzene rings is 3. The summed E-state index contributed by atoms with van der Waals surface area (Å²) >= 11 is 0. The summed E-state index contributed by atoms with van der Waals surface area (Å²) in [5, 5.41) is 10.7. The van der Waals surface area contributed by atoms with Crippen LogP contribution in [0.3, 0.4) is 0 Å². The van der Waals surface area contributed by atoms with Gasteiger partial charge in [-0.15, -0.1) is 0 Å². The lowest BCUT2D eigenvalue weighted by Gasteiger charge is -2.26. The molecule has 0 amide bonds. The number of hydrogen-bond acceptors (Lipinski definition) is 5. The normalized spacial score (nSPS) is 12.4. The van der Waals surface area contributed by atoms with Crippen molar-refractivity contribution in [3.05, 3.63) is 99.6 Å². The number of nitro benzene ring substituents is 1. The monoisotopic (exact) mass is 361 g/mol. The van der Waals surface area contributed by atoms with E-state index < -0.39 is 16.8 Å². The first-order valence-corrected chi connectivity index (χ1v) is 8.39. The zero-order valence-electron chi connectivity index (χ0n) is 14.2. The molecular formula is C21H15NO5. The Morgan fingerprint density at radius 2 is 1.48 bits per heavy atom. The van der Waals surface area contributed by atoms with Gasteiger partial charge < -0.3 is 9.47 Å². The third-order valence-corrected chi connectivity index (χ3v) is 4.44. The van der Waals surface area contributed by atoms with E-state index in [4.69, 9.17) is 9.47 Å². The minimum atomic E-state index is -0.579. The largest absolute Gasteiger partial charge is 0.460 e. The molecule has 0 aromatic heterocycles. The van der Waals surface area contributed by atoms with E-state index >= 15 is 0 Å². The first kappa shape index (κ1) is 16.8. The van der Waals surface area contributed by atoms with Crippen LogP contribution >= 0.6 is 0 Å². The Hall–Kier alpha value is -3.67. The maximum Gasteiger partial charge on any atom is 0.318 e. The van der Waals surface area contributed by atoms with Crippen molar-refractivity contribution >= 4 is 11.7 Å². The SMILES string of the molecule is O=C(OCc1ccc([N+](=O)[O-])cc1)C1c2ccccc2Oc2ccccc21.